The molecule has 0 radical (unpaired) electrons. The highest BCUT2D eigenvalue weighted by molar-refractivity contribution is 7.97. The molecule has 0 saturated heterocycles. The molecule has 0 spiro atoms. The first kappa shape index (κ1) is 15.9. The fourth-order valence-electron chi connectivity index (χ4n) is 2.74. The molecule has 0 fully saturated rings. The zero-order chi connectivity index (χ0) is 17.1. The van der Waals surface area contributed by atoms with Crippen molar-refractivity contribution in [3.8, 4) is 11.1 Å². The van der Waals surface area contributed by atoms with Crippen molar-refractivity contribution in [3.05, 3.63) is 78.2 Å². The molecule has 0 atom stereocenters. The smallest absolute Gasteiger partial charge is 0.0929 e. The van der Waals surface area contributed by atoms with Crippen molar-refractivity contribution in [2.24, 2.45) is 0 Å². The summed E-state index contributed by atoms with van der Waals surface area (Å²) in [6.07, 6.45) is 3.63. The van der Waals surface area contributed by atoms with Gasteiger partial charge in [0.05, 0.1) is 5.52 Å². The van der Waals surface area contributed by atoms with Crippen LogP contribution in [0.3, 0.4) is 0 Å². The van der Waals surface area contributed by atoms with Gasteiger partial charge in [0, 0.05) is 34.9 Å². The van der Waals surface area contributed by atoms with Crippen molar-refractivity contribution in [1.82, 2.24) is 19.9 Å². The lowest BCUT2D eigenvalue weighted by atomic mass is 10.0. The summed E-state index contributed by atoms with van der Waals surface area (Å²) < 4.78 is 3.38. The molecular weight excluding hydrogens is 328 g/mol. The Bertz CT molecular complexity index is 978. The number of aromatic amines is 1. The molecule has 0 aliphatic rings. The quantitative estimate of drug-likeness (QED) is 0.513. The summed E-state index contributed by atoms with van der Waals surface area (Å²) in [6.45, 7) is 2.85. The van der Waals surface area contributed by atoms with Crippen LogP contribution in [-0.4, -0.2) is 15.2 Å². The molecule has 2 aromatic carbocycles. The number of H-pyrrole nitrogens is 1. The molecule has 124 valence electrons. The van der Waals surface area contributed by atoms with E-state index in [-0.39, 0.29) is 0 Å². The summed E-state index contributed by atoms with van der Waals surface area (Å²) in [4.78, 5) is 5.22. The lowest BCUT2D eigenvalue weighted by Crippen LogP contribution is -2.02. The molecule has 0 aliphatic carbocycles. The lowest BCUT2D eigenvalue weighted by Gasteiger charge is -2.06. The van der Waals surface area contributed by atoms with Gasteiger partial charge in [0.25, 0.3) is 0 Å². The number of nitrogens with zero attached hydrogens (tertiary/aromatic N) is 2. The van der Waals surface area contributed by atoms with Gasteiger partial charge < -0.3 is 0 Å². The van der Waals surface area contributed by atoms with E-state index in [0.29, 0.717) is 0 Å². The second-order valence-corrected chi connectivity index (χ2v) is 6.85. The molecule has 0 amide bonds. The first-order valence-corrected chi connectivity index (χ1v) is 8.95. The molecule has 0 unspecified atom stereocenters. The highest BCUT2D eigenvalue weighted by atomic mass is 32.2. The number of pyridine rings is 1. The van der Waals surface area contributed by atoms with Crippen molar-refractivity contribution in [2.75, 3.05) is 0 Å². The van der Waals surface area contributed by atoms with Gasteiger partial charge in [0.2, 0.25) is 0 Å². The predicted molar refractivity (Wildman–Crippen MR) is 103 cm³/mol. The third-order valence-electron chi connectivity index (χ3n) is 4.15. The molecule has 2 aromatic heterocycles. The first-order valence-electron chi connectivity index (χ1n) is 8.13. The Labute approximate surface area is 150 Å². The molecule has 0 saturated carbocycles. The average Bonchev–Trinajstić information content (AvgIpc) is 3.04. The van der Waals surface area contributed by atoms with Crippen molar-refractivity contribution in [1.29, 1.82) is 0 Å². The Morgan fingerprint density at radius 1 is 0.960 bits per heavy atom. The summed E-state index contributed by atoms with van der Waals surface area (Å²) >= 11 is 1.64. The number of rotatable bonds is 5. The third kappa shape index (κ3) is 3.57. The van der Waals surface area contributed by atoms with Crippen LogP contribution in [0.2, 0.25) is 0 Å². The minimum Gasteiger partial charge on any atom is -0.282 e. The van der Waals surface area contributed by atoms with Crippen LogP contribution in [0.15, 0.2) is 71.9 Å². The maximum Gasteiger partial charge on any atom is 0.0929 e. The third-order valence-corrected chi connectivity index (χ3v) is 4.95. The number of benzene rings is 2. The van der Waals surface area contributed by atoms with Gasteiger partial charge in [-0.2, -0.15) is 5.10 Å². The lowest BCUT2D eigenvalue weighted by molar-refractivity contribution is 0.969. The normalized spacial score (nSPS) is 11.1. The van der Waals surface area contributed by atoms with Gasteiger partial charge in [0.1, 0.15) is 0 Å². The van der Waals surface area contributed by atoms with E-state index < -0.39 is 0 Å². The highest BCUT2D eigenvalue weighted by Gasteiger charge is 2.04. The van der Waals surface area contributed by atoms with Crippen LogP contribution in [0.1, 0.15) is 11.3 Å². The number of aryl methyl sites for hydroxylation is 1. The van der Waals surface area contributed by atoms with Crippen molar-refractivity contribution < 1.29 is 0 Å². The summed E-state index contributed by atoms with van der Waals surface area (Å²) in [6, 6.07) is 19.0. The van der Waals surface area contributed by atoms with Gasteiger partial charge >= 0.3 is 0 Å². The van der Waals surface area contributed by atoms with Crippen LogP contribution in [0.25, 0.3) is 22.0 Å². The van der Waals surface area contributed by atoms with Crippen LogP contribution < -0.4 is 4.72 Å². The molecule has 0 aliphatic heterocycles. The average molecular weight is 346 g/mol. The molecule has 4 nitrogen and oxygen atoms in total. The van der Waals surface area contributed by atoms with E-state index in [2.05, 4.69) is 62.4 Å². The van der Waals surface area contributed by atoms with Crippen LogP contribution in [0.4, 0.5) is 0 Å². The molecule has 25 heavy (non-hydrogen) atoms. The number of hydrogen-bond donors (Lipinski definition) is 2. The fourth-order valence-corrected chi connectivity index (χ4v) is 3.42. The molecule has 4 rings (SSSR count). The number of nitrogens with one attached hydrogen (secondary N) is 2. The Hall–Kier alpha value is -2.63. The van der Waals surface area contributed by atoms with E-state index in [1.807, 2.05) is 31.5 Å². The Kier molecular flexibility index (Phi) is 4.50. The zero-order valence-electron chi connectivity index (χ0n) is 13.9. The second-order valence-electron chi connectivity index (χ2n) is 5.88. The van der Waals surface area contributed by atoms with E-state index >= 15 is 0 Å². The van der Waals surface area contributed by atoms with Crippen LogP contribution >= 0.6 is 11.9 Å². The molecule has 4 aromatic rings. The van der Waals surface area contributed by atoms with Crippen molar-refractivity contribution in [3.63, 3.8) is 0 Å². The Morgan fingerprint density at radius 2 is 1.72 bits per heavy atom. The van der Waals surface area contributed by atoms with Crippen molar-refractivity contribution in [2.45, 2.75) is 18.4 Å². The Morgan fingerprint density at radius 3 is 2.52 bits per heavy atom. The standard InChI is InChI=1S/C20H18N4S/c1-14-19-7-4-17(12-20(19)24-23-14)16-2-5-18(6-3-16)25-22-13-15-8-10-21-11-9-15/h2-12,22H,13H2,1H3,(H,23,24). The van der Waals surface area contributed by atoms with Gasteiger partial charge in [-0.3, -0.25) is 14.8 Å². The molecule has 2 heterocycles. The van der Waals surface area contributed by atoms with E-state index in [9.17, 15) is 0 Å². The molecule has 5 heteroatoms. The van der Waals surface area contributed by atoms with Gasteiger partial charge in [-0.1, -0.05) is 24.3 Å². The SMILES string of the molecule is Cc1[nH]nc2cc(-c3ccc(SNCc4ccncc4)cc3)ccc12. The molecule has 0 bridgehead atoms. The summed E-state index contributed by atoms with van der Waals surface area (Å²) in [5.41, 5.74) is 5.71. The number of hydrogen-bond acceptors (Lipinski definition) is 4. The van der Waals surface area contributed by atoms with Crippen LogP contribution in [-0.2, 0) is 6.54 Å². The van der Waals surface area contributed by atoms with Gasteiger partial charge in [-0.15, -0.1) is 0 Å². The van der Waals surface area contributed by atoms with Gasteiger partial charge in [0.15, 0.2) is 0 Å². The van der Waals surface area contributed by atoms with Crippen LogP contribution in [0, 0.1) is 6.92 Å². The van der Waals surface area contributed by atoms with Crippen LogP contribution in [0.5, 0.6) is 0 Å². The Balaban J connectivity index is 1.43. The summed E-state index contributed by atoms with van der Waals surface area (Å²) in [7, 11) is 0. The number of fused-ring (bicyclic) bond motifs is 1. The van der Waals surface area contributed by atoms with E-state index in [4.69, 9.17) is 0 Å². The van der Waals surface area contributed by atoms with Crippen molar-refractivity contribution >= 4 is 22.9 Å². The minimum absolute atomic E-state index is 0.810. The molecule has 2 N–H and O–H groups in total. The monoisotopic (exact) mass is 346 g/mol. The first-order chi connectivity index (χ1) is 12.3. The maximum absolute atomic E-state index is 4.35. The van der Waals surface area contributed by atoms with Gasteiger partial charge in [-0.25, -0.2) is 0 Å². The molecular formula is C20H18N4S. The maximum atomic E-state index is 4.35. The summed E-state index contributed by atoms with van der Waals surface area (Å²) in [5, 5.41) is 8.56. The van der Waals surface area contributed by atoms with Gasteiger partial charge in [-0.05, 0) is 65.9 Å². The van der Waals surface area contributed by atoms with E-state index in [1.54, 1.807) is 11.9 Å². The minimum atomic E-state index is 0.810. The van der Waals surface area contributed by atoms with E-state index in [1.165, 1.54) is 27.0 Å². The predicted octanol–water partition coefficient (Wildman–Crippen LogP) is 4.73. The fraction of sp³-hybridized carbons (Fsp3) is 0.100. The highest BCUT2D eigenvalue weighted by Crippen LogP contribution is 2.26. The topological polar surface area (TPSA) is 53.6 Å². The largest absolute Gasteiger partial charge is 0.282 e. The summed E-state index contributed by atoms with van der Waals surface area (Å²) in [5.74, 6) is 0. The second kappa shape index (κ2) is 7.09. The zero-order valence-corrected chi connectivity index (χ0v) is 14.7. The van der Waals surface area contributed by atoms with E-state index in [0.717, 1.165) is 17.8 Å². The number of aromatic nitrogens is 3.